The zero-order valence-electron chi connectivity index (χ0n) is 18.4. The number of nitrogens with zero attached hydrogens (tertiary/aromatic N) is 4. The van der Waals surface area contributed by atoms with Gasteiger partial charge in [-0.3, -0.25) is 5.10 Å². The van der Waals surface area contributed by atoms with Crippen LogP contribution >= 0.6 is 0 Å². The number of hydrogen-bond donors (Lipinski definition) is 1. The molecule has 4 heterocycles. The normalized spacial score (nSPS) is 19.5. The number of pyridine rings is 1. The molecule has 1 aromatic carbocycles. The molecule has 0 saturated carbocycles. The first-order chi connectivity index (χ1) is 15.9. The predicted molar refractivity (Wildman–Crippen MR) is 125 cm³/mol. The summed E-state index contributed by atoms with van der Waals surface area (Å²) in [5.41, 5.74) is 4.15. The van der Waals surface area contributed by atoms with E-state index in [2.05, 4.69) is 14.8 Å². The smallest absolute Gasteiger partial charge is 0.214 e. The summed E-state index contributed by atoms with van der Waals surface area (Å²) in [4.78, 5) is 4.72. The zero-order chi connectivity index (χ0) is 23.0. The maximum Gasteiger partial charge on any atom is 0.214 e. The molecule has 1 aliphatic heterocycles. The van der Waals surface area contributed by atoms with Gasteiger partial charge in [0.05, 0.1) is 28.7 Å². The Balaban J connectivity index is 1.27. The van der Waals surface area contributed by atoms with Crippen molar-refractivity contribution in [3.8, 4) is 11.3 Å². The molecule has 0 amide bonds. The maximum atomic E-state index is 13.9. The molecule has 1 N–H and O–H groups in total. The molecule has 0 spiro atoms. The highest BCUT2D eigenvalue weighted by Crippen LogP contribution is 2.29. The van der Waals surface area contributed by atoms with Crippen molar-refractivity contribution in [3.05, 3.63) is 72.4 Å². The van der Waals surface area contributed by atoms with Crippen LogP contribution in [0.1, 0.15) is 18.9 Å². The highest BCUT2D eigenvalue weighted by molar-refractivity contribution is 7.89. The van der Waals surface area contributed by atoms with Crippen LogP contribution in [0.15, 0.2) is 61.1 Å². The van der Waals surface area contributed by atoms with Crippen molar-refractivity contribution in [1.29, 1.82) is 0 Å². The lowest BCUT2D eigenvalue weighted by molar-refractivity contribution is 0.399. The number of nitrogens with one attached hydrogen (secondary N) is 1. The van der Waals surface area contributed by atoms with E-state index in [9.17, 15) is 12.8 Å². The fourth-order valence-corrected chi connectivity index (χ4v) is 6.53. The lowest BCUT2D eigenvalue weighted by Gasteiger charge is -2.21. The van der Waals surface area contributed by atoms with E-state index in [0.29, 0.717) is 12.1 Å². The van der Waals surface area contributed by atoms with Gasteiger partial charge in [-0.05, 0) is 55.5 Å². The molecular formula is C24H26FN5O2S. The van der Waals surface area contributed by atoms with Crippen molar-refractivity contribution in [1.82, 2.24) is 24.1 Å². The SMILES string of the molecule is C[C@H]1C[C@@H](Cn2ccc3nc(-c4cn[nH]c4)ccc32)CN1S(=O)(=O)CCc1ccccc1F. The monoisotopic (exact) mass is 467 g/mol. The highest BCUT2D eigenvalue weighted by atomic mass is 32.2. The summed E-state index contributed by atoms with van der Waals surface area (Å²) < 4.78 is 43.7. The number of rotatable bonds is 7. The largest absolute Gasteiger partial charge is 0.346 e. The summed E-state index contributed by atoms with van der Waals surface area (Å²) in [6, 6.07) is 12.3. The van der Waals surface area contributed by atoms with Crippen molar-refractivity contribution in [2.45, 2.75) is 32.4 Å². The van der Waals surface area contributed by atoms with E-state index in [4.69, 9.17) is 4.98 Å². The van der Waals surface area contributed by atoms with E-state index in [-0.39, 0.29) is 30.0 Å². The second kappa shape index (κ2) is 8.72. The van der Waals surface area contributed by atoms with Gasteiger partial charge in [0.25, 0.3) is 0 Å². The first-order valence-corrected chi connectivity index (χ1v) is 12.7. The molecule has 0 bridgehead atoms. The molecule has 1 aliphatic rings. The Labute approximate surface area is 192 Å². The van der Waals surface area contributed by atoms with Gasteiger partial charge < -0.3 is 4.57 Å². The number of aromatic nitrogens is 4. The first kappa shape index (κ1) is 21.8. The third-order valence-corrected chi connectivity index (χ3v) is 8.37. The third kappa shape index (κ3) is 4.43. The number of halogens is 1. The van der Waals surface area contributed by atoms with Gasteiger partial charge in [0.2, 0.25) is 10.0 Å². The molecule has 7 nitrogen and oxygen atoms in total. The molecule has 1 saturated heterocycles. The van der Waals surface area contributed by atoms with Crippen LogP contribution in [0.3, 0.4) is 0 Å². The molecule has 4 aromatic rings. The summed E-state index contributed by atoms with van der Waals surface area (Å²) in [5, 5.41) is 6.78. The Hall–Kier alpha value is -3.04. The van der Waals surface area contributed by atoms with Gasteiger partial charge in [-0.2, -0.15) is 9.40 Å². The summed E-state index contributed by atoms with van der Waals surface area (Å²) in [6.45, 7) is 3.15. The lowest BCUT2D eigenvalue weighted by Crippen LogP contribution is -2.36. The molecule has 172 valence electrons. The quantitative estimate of drug-likeness (QED) is 0.448. The average molecular weight is 468 g/mol. The van der Waals surface area contributed by atoms with Crippen LogP contribution in [0.2, 0.25) is 0 Å². The Morgan fingerprint density at radius 3 is 2.82 bits per heavy atom. The summed E-state index contributed by atoms with van der Waals surface area (Å²) >= 11 is 0. The van der Waals surface area contributed by atoms with Crippen molar-refractivity contribution >= 4 is 21.1 Å². The van der Waals surface area contributed by atoms with Crippen molar-refractivity contribution in [2.75, 3.05) is 12.3 Å². The zero-order valence-corrected chi connectivity index (χ0v) is 19.2. The van der Waals surface area contributed by atoms with E-state index >= 15 is 0 Å². The number of aromatic amines is 1. The van der Waals surface area contributed by atoms with Gasteiger partial charge in [-0.25, -0.2) is 17.8 Å². The van der Waals surface area contributed by atoms with E-state index in [1.54, 1.807) is 28.7 Å². The van der Waals surface area contributed by atoms with Crippen LogP contribution in [0, 0.1) is 11.7 Å². The van der Waals surface area contributed by atoms with Gasteiger partial charge in [0.15, 0.2) is 0 Å². The molecule has 0 radical (unpaired) electrons. The minimum Gasteiger partial charge on any atom is -0.346 e. The first-order valence-electron chi connectivity index (χ1n) is 11.1. The summed E-state index contributed by atoms with van der Waals surface area (Å²) in [7, 11) is -3.47. The molecule has 3 aromatic heterocycles. The van der Waals surface area contributed by atoms with Crippen LogP contribution < -0.4 is 0 Å². The number of aryl methyl sites for hydroxylation is 1. The second-order valence-electron chi connectivity index (χ2n) is 8.73. The maximum absolute atomic E-state index is 13.9. The highest BCUT2D eigenvalue weighted by Gasteiger charge is 2.37. The van der Waals surface area contributed by atoms with Crippen LogP contribution in [-0.2, 0) is 23.0 Å². The number of hydrogen-bond acceptors (Lipinski definition) is 4. The van der Waals surface area contributed by atoms with Crippen molar-refractivity contribution < 1.29 is 12.8 Å². The summed E-state index contributed by atoms with van der Waals surface area (Å²) in [5.74, 6) is -0.241. The van der Waals surface area contributed by atoms with Gasteiger partial charge >= 0.3 is 0 Å². The Kier molecular flexibility index (Phi) is 5.76. The lowest BCUT2D eigenvalue weighted by atomic mass is 10.1. The third-order valence-electron chi connectivity index (χ3n) is 6.42. The Morgan fingerprint density at radius 2 is 2.03 bits per heavy atom. The number of benzene rings is 1. The molecule has 0 aliphatic carbocycles. The molecule has 33 heavy (non-hydrogen) atoms. The van der Waals surface area contributed by atoms with Crippen LogP contribution in [0.25, 0.3) is 22.3 Å². The van der Waals surface area contributed by atoms with Gasteiger partial charge in [-0.15, -0.1) is 0 Å². The fraction of sp³-hybridized carbons (Fsp3) is 0.333. The average Bonchev–Trinajstić information content (AvgIpc) is 3.54. The van der Waals surface area contributed by atoms with Crippen molar-refractivity contribution in [3.63, 3.8) is 0 Å². The standard InChI is InChI=1S/C24H26FN5O2S/c1-17-12-18(16-30(17)33(31,32)11-9-19-4-2-3-5-21(19)25)15-29-10-8-23-24(29)7-6-22(28-23)20-13-26-27-14-20/h2-8,10,13-14,17-18H,9,11-12,15-16H2,1H3,(H,26,27)/t17-,18-/m0/s1. The molecule has 5 rings (SSSR count). The minimum absolute atomic E-state index is 0.0757. The molecule has 1 fully saturated rings. The predicted octanol–water partition coefficient (Wildman–Crippen LogP) is 3.85. The van der Waals surface area contributed by atoms with E-state index in [1.807, 2.05) is 37.5 Å². The Morgan fingerprint density at radius 1 is 1.18 bits per heavy atom. The molecular weight excluding hydrogens is 441 g/mol. The van der Waals surface area contributed by atoms with E-state index in [1.165, 1.54) is 6.07 Å². The number of H-pyrrole nitrogens is 1. The van der Waals surface area contributed by atoms with E-state index in [0.717, 1.165) is 35.3 Å². The number of sulfonamides is 1. The molecule has 2 atom stereocenters. The van der Waals surface area contributed by atoms with Crippen LogP contribution in [0.4, 0.5) is 4.39 Å². The van der Waals surface area contributed by atoms with Crippen LogP contribution in [-0.4, -0.2) is 50.8 Å². The number of fused-ring (bicyclic) bond motifs is 1. The molecule has 0 unspecified atom stereocenters. The van der Waals surface area contributed by atoms with Crippen LogP contribution in [0.5, 0.6) is 0 Å². The molecule has 9 heteroatoms. The van der Waals surface area contributed by atoms with Crippen molar-refractivity contribution in [2.24, 2.45) is 5.92 Å². The Bertz CT molecular complexity index is 1370. The minimum atomic E-state index is -3.47. The van der Waals surface area contributed by atoms with Gasteiger partial charge in [-0.1, -0.05) is 18.2 Å². The van der Waals surface area contributed by atoms with E-state index < -0.39 is 10.0 Å². The van der Waals surface area contributed by atoms with Gasteiger partial charge in [0.1, 0.15) is 5.82 Å². The topological polar surface area (TPSA) is 83.9 Å². The summed E-state index contributed by atoms with van der Waals surface area (Å²) in [6.07, 6.45) is 6.53. The fourth-order valence-electron chi connectivity index (χ4n) is 4.75. The second-order valence-corrected chi connectivity index (χ2v) is 10.8. The van der Waals surface area contributed by atoms with Gasteiger partial charge in [0, 0.05) is 37.1 Å².